The Morgan fingerprint density at radius 1 is 0.955 bits per heavy atom. The third-order valence-corrected chi connectivity index (χ3v) is 4.28. The second-order valence-corrected chi connectivity index (χ2v) is 6.15. The van der Waals surface area contributed by atoms with Crippen molar-refractivity contribution in [3.63, 3.8) is 0 Å². The number of nitrogens with zero attached hydrogens (tertiary/aromatic N) is 1. The van der Waals surface area contributed by atoms with Gasteiger partial charge >= 0.3 is 0 Å². The van der Waals surface area contributed by atoms with E-state index in [1.807, 2.05) is 36.4 Å². The number of benzene rings is 2. The Kier molecular flexibility index (Phi) is 5.95. The summed E-state index contributed by atoms with van der Waals surface area (Å²) < 4.78 is 14.2. The van der Waals surface area contributed by atoms with Crippen LogP contribution in [0.3, 0.4) is 0 Å². The maximum Gasteiger partial charge on any atom is 0.127 e. The first kappa shape index (κ1) is 16.9. The molecule has 0 amide bonds. The second kappa shape index (κ2) is 7.73. The van der Waals surface area contributed by atoms with E-state index >= 15 is 0 Å². The van der Waals surface area contributed by atoms with Crippen molar-refractivity contribution in [1.82, 2.24) is 11.1 Å². The molecule has 22 heavy (non-hydrogen) atoms. The lowest BCUT2D eigenvalue weighted by atomic mass is 10.0. The van der Waals surface area contributed by atoms with Crippen molar-refractivity contribution in [3.05, 3.63) is 70.0 Å². The zero-order valence-electron chi connectivity index (χ0n) is 12.7. The minimum Gasteiger partial charge on any atom is -0.344 e. The van der Waals surface area contributed by atoms with Crippen molar-refractivity contribution in [3.8, 4) is 0 Å². The predicted octanol–water partition coefficient (Wildman–Crippen LogP) is 4.83. The molecule has 1 fully saturated rings. The Hall–Kier alpha value is -1.42. The van der Waals surface area contributed by atoms with Crippen LogP contribution in [0.2, 0.25) is 5.02 Å². The number of hydrogen-bond acceptors (Lipinski definition) is 2. The van der Waals surface area contributed by atoms with Crippen molar-refractivity contribution in [1.29, 1.82) is 0 Å². The fraction of sp³-hybridized carbons (Fsp3) is 0.333. The van der Waals surface area contributed by atoms with E-state index in [9.17, 15) is 4.39 Å². The average Bonchev–Trinajstić information content (AvgIpc) is 2.97. The van der Waals surface area contributed by atoms with Gasteiger partial charge in [0, 0.05) is 17.1 Å². The molecule has 3 N–H and O–H groups in total. The van der Waals surface area contributed by atoms with Crippen LogP contribution in [0.15, 0.2) is 42.5 Å². The molecule has 0 aliphatic carbocycles. The van der Waals surface area contributed by atoms with E-state index in [-0.39, 0.29) is 12.0 Å². The van der Waals surface area contributed by atoms with Gasteiger partial charge in [0.05, 0.1) is 0 Å². The van der Waals surface area contributed by atoms with Crippen molar-refractivity contribution >= 4 is 11.6 Å². The van der Waals surface area contributed by atoms with E-state index in [1.54, 1.807) is 6.07 Å². The SMILES string of the molecule is Fc1cc(Cc2ccc(Cl)cc2)ccc1CN1CCCC1.N. The summed E-state index contributed by atoms with van der Waals surface area (Å²) in [4.78, 5) is 2.32. The van der Waals surface area contributed by atoms with Crippen molar-refractivity contribution < 1.29 is 4.39 Å². The van der Waals surface area contributed by atoms with Gasteiger partial charge in [-0.25, -0.2) is 4.39 Å². The van der Waals surface area contributed by atoms with Crippen LogP contribution in [0.1, 0.15) is 29.5 Å². The molecule has 0 unspecified atom stereocenters. The summed E-state index contributed by atoms with van der Waals surface area (Å²) in [6.45, 7) is 2.91. The van der Waals surface area contributed by atoms with Gasteiger partial charge in [-0.1, -0.05) is 35.9 Å². The van der Waals surface area contributed by atoms with E-state index in [2.05, 4.69) is 4.90 Å². The molecule has 1 heterocycles. The van der Waals surface area contributed by atoms with Gasteiger partial charge in [-0.15, -0.1) is 0 Å². The number of rotatable bonds is 4. The van der Waals surface area contributed by atoms with Gasteiger partial charge < -0.3 is 6.15 Å². The largest absolute Gasteiger partial charge is 0.344 e. The van der Waals surface area contributed by atoms with Gasteiger partial charge in [-0.2, -0.15) is 0 Å². The van der Waals surface area contributed by atoms with Crippen LogP contribution < -0.4 is 6.15 Å². The predicted molar refractivity (Wildman–Crippen MR) is 90.2 cm³/mol. The van der Waals surface area contributed by atoms with Crippen LogP contribution in [0.4, 0.5) is 4.39 Å². The Balaban J connectivity index is 0.00000176. The molecular formula is C18H22ClFN2. The maximum atomic E-state index is 14.2. The molecule has 1 saturated heterocycles. The Morgan fingerprint density at radius 3 is 2.23 bits per heavy atom. The normalized spacial score (nSPS) is 14.8. The summed E-state index contributed by atoms with van der Waals surface area (Å²) in [6.07, 6.45) is 3.20. The highest BCUT2D eigenvalue weighted by Gasteiger charge is 2.14. The molecule has 1 aliphatic heterocycles. The van der Waals surface area contributed by atoms with Crippen LogP contribution >= 0.6 is 11.6 Å². The molecule has 4 heteroatoms. The standard InChI is InChI=1S/C18H19ClFN.H3N/c19-17-7-4-14(5-8-17)11-15-3-6-16(18(20)12-15)13-21-9-1-2-10-21;/h3-8,12H,1-2,9-11,13H2;1H3. The van der Waals surface area contributed by atoms with Gasteiger partial charge in [-0.3, -0.25) is 4.90 Å². The van der Waals surface area contributed by atoms with Crippen LogP contribution in [-0.4, -0.2) is 18.0 Å². The molecule has 118 valence electrons. The quantitative estimate of drug-likeness (QED) is 0.876. The average molecular weight is 321 g/mol. The molecule has 0 saturated carbocycles. The number of halogens is 2. The molecule has 0 atom stereocenters. The van der Waals surface area contributed by atoms with E-state index in [1.165, 1.54) is 12.8 Å². The molecule has 3 rings (SSSR count). The van der Waals surface area contributed by atoms with Crippen LogP contribution in [0.25, 0.3) is 0 Å². The van der Waals surface area contributed by atoms with Crippen LogP contribution in [0, 0.1) is 5.82 Å². The molecule has 0 aromatic heterocycles. The highest BCUT2D eigenvalue weighted by molar-refractivity contribution is 6.30. The van der Waals surface area contributed by atoms with E-state index in [0.717, 1.165) is 47.8 Å². The first-order valence-corrected chi connectivity index (χ1v) is 7.82. The van der Waals surface area contributed by atoms with Crippen LogP contribution in [-0.2, 0) is 13.0 Å². The van der Waals surface area contributed by atoms with E-state index in [4.69, 9.17) is 11.6 Å². The van der Waals surface area contributed by atoms with Crippen molar-refractivity contribution in [2.75, 3.05) is 13.1 Å². The molecule has 0 spiro atoms. The lowest BCUT2D eigenvalue weighted by Crippen LogP contribution is -2.19. The minimum absolute atomic E-state index is 0. The molecule has 2 aromatic carbocycles. The lowest BCUT2D eigenvalue weighted by Gasteiger charge is -2.15. The summed E-state index contributed by atoms with van der Waals surface area (Å²) in [5.41, 5.74) is 2.95. The fourth-order valence-corrected chi connectivity index (χ4v) is 2.97. The van der Waals surface area contributed by atoms with Crippen molar-refractivity contribution in [2.24, 2.45) is 0 Å². The lowest BCUT2D eigenvalue weighted by molar-refractivity contribution is 0.325. The van der Waals surface area contributed by atoms with Crippen molar-refractivity contribution in [2.45, 2.75) is 25.8 Å². The summed E-state index contributed by atoms with van der Waals surface area (Å²) in [5.74, 6) is -0.0895. The van der Waals surface area contributed by atoms with Gasteiger partial charge in [0.2, 0.25) is 0 Å². The summed E-state index contributed by atoms with van der Waals surface area (Å²) >= 11 is 5.88. The van der Waals surface area contributed by atoms with Gasteiger partial charge in [0.25, 0.3) is 0 Å². The zero-order chi connectivity index (χ0) is 14.7. The van der Waals surface area contributed by atoms with E-state index in [0.29, 0.717) is 0 Å². The number of hydrogen-bond donors (Lipinski definition) is 1. The molecule has 0 bridgehead atoms. The summed E-state index contributed by atoms with van der Waals surface area (Å²) in [6, 6.07) is 13.3. The first-order chi connectivity index (χ1) is 10.2. The molecular weight excluding hydrogens is 299 g/mol. The Bertz CT molecular complexity index is 607. The monoisotopic (exact) mass is 320 g/mol. The highest BCUT2D eigenvalue weighted by atomic mass is 35.5. The topological polar surface area (TPSA) is 38.2 Å². The van der Waals surface area contributed by atoms with Gasteiger partial charge in [-0.05, 0) is 61.7 Å². The third kappa shape index (κ3) is 4.29. The first-order valence-electron chi connectivity index (χ1n) is 7.45. The second-order valence-electron chi connectivity index (χ2n) is 5.71. The zero-order valence-corrected chi connectivity index (χ0v) is 13.5. The third-order valence-electron chi connectivity index (χ3n) is 4.03. The number of likely N-dealkylation sites (tertiary alicyclic amines) is 1. The van der Waals surface area contributed by atoms with Gasteiger partial charge in [0.1, 0.15) is 5.82 Å². The van der Waals surface area contributed by atoms with Crippen LogP contribution in [0.5, 0.6) is 0 Å². The fourth-order valence-electron chi connectivity index (χ4n) is 2.85. The summed E-state index contributed by atoms with van der Waals surface area (Å²) in [7, 11) is 0. The molecule has 2 nitrogen and oxygen atoms in total. The minimum atomic E-state index is -0.0895. The maximum absolute atomic E-state index is 14.2. The smallest absolute Gasteiger partial charge is 0.127 e. The Labute approximate surface area is 136 Å². The molecule has 0 radical (unpaired) electrons. The Morgan fingerprint density at radius 2 is 1.59 bits per heavy atom. The molecule has 2 aromatic rings. The molecule has 1 aliphatic rings. The summed E-state index contributed by atoms with van der Waals surface area (Å²) in [5, 5.41) is 0.728. The highest BCUT2D eigenvalue weighted by Crippen LogP contribution is 2.19. The van der Waals surface area contributed by atoms with E-state index < -0.39 is 0 Å². The van der Waals surface area contributed by atoms with Gasteiger partial charge in [0.15, 0.2) is 0 Å².